The molecule has 2 aromatic carbocycles. The third-order valence-electron chi connectivity index (χ3n) is 5.81. The molecule has 0 atom stereocenters. The molecule has 7 heteroatoms. The Labute approximate surface area is 186 Å². The van der Waals surface area contributed by atoms with Crippen LogP contribution in [-0.4, -0.2) is 36.3 Å². The third-order valence-corrected chi connectivity index (χ3v) is 5.81. The van der Waals surface area contributed by atoms with Crippen LogP contribution in [0.5, 0.6) is 5.75 Å². The molecule has 3 aromatic rings. The van der Waals surface area contributed by atoms with Crippen molar-refractivity contribution in [3.8, 4) is 11.8 Å². The van der Waals surface area contributed by atoms with E-state index in [1.807, 2.05) is 24.3 Å². The second-order valence-electron chi connectivity index (χ2n) is 7.77. The summed E-state index contributed by atoms with van der Waals surface area (Å²) in [5.74, 6) is 0.357. The summed E-state index contributed by atoms with van der Waals surface area (Å²) in [6.45, 7) is 3.47. The minimum Gasteiger partial charge on any atom is -0.490 e. The summed E-state index contributed by atoms with van der Waals surface area (Å²) in [5.41, 5.74) is 1.92. The van der Waals surface area contributed by atoms with Gasteiger partial charge in [0.2, 0.25) is 0 Å². The van der Waals surface area contributed by atoms with Gasteiger partial charge in [0.1, 0.15) is 23.5 Å². The molecule has 0 saturated carbocycles. The van der Waals surface area contributed by atoms with Gasteiger partial charge in [-0.05, 0) is 37.3 Å². The van der Waals surface area contributed by atoms with Crippen LogP contribution in [0.4, 0.5) is 5.69 Å². The number of para-hydroxylation sites is 1. The number of anilines is 1. The van der Waals surface area contributed by atoms with Crippen LogP contribution in [-0.2, 0) is 11.8 Å². The summed E-state index contributed by atoms with van der Waals surface area (Å²) in [7, 11) is 1.70. The molecule has 1 aliphatic rings. The second kappa shape index (κ2) is 9.15. The molecule has 1 aliphatic heterocycles. The fourth-order valence-corrected chi connectivity index (χ4v) is 4.18. The summed E-state index contributed by atoms with van der Waals surface area (Å²) < 4.78 is 12.7. The molecule has 0 unspecified atom stereocenters. The van der Waals surface area contributed by atoms with Crippen LogP contribution in [0, 0.1) is 11.3 Å². The largest absolute Gasteiger partial charge is 0.490 e. The monoisotopic (exact) mass is 431 g/mol. The minimum absolute atomic E-state index is 0.0167. The maximum absolute atomic E-state index is 12.8. The van der Waals surface area contributed by atoms with Gasteiger partial charge in [-0.1, -0.05) is 18.2 Å². The maximum Gasteiger partial charge on any atom is 0.338 e. The van der Waals surface area contributed by atoms with E-state index in [2.05, 4.69) is 11.0 Å². The number of nitriles is 1. The number of benzene rings is 2. The Morgan fingerprint density at radius 2 is 1.81 bits per heavy atom. The van der Waals surface area contributed by atoms with Crippen LogP contribution in [0.3, 0.4) is 0 Å². The molecular formula is C25H25N3O4. The number of carbonyl (C=O) groups is 1. The molecule has 0 spiro atoms. The van der Waals surface area contributed by atoms with Gasteiger partial charge in [-0.2, -0.15) is 5.26 Å². The average molecular weight is 431 g/mol. The molecule has 1 fully saturated rings. The number of esters is 1. The molecule has 1 aromatic heterocycles. The minimum atomic E-state index is -0.345. The van der Waals surface area contributed by atoms with Gasteiger partial charge in [0, 0.05) is 38.4 Å². The summed E-state index contributed by atoms with van der Waals surface area (Å²) in [5, 5.41) is 10.6. The highest BCUT2D eigenvalue weighted by Crippen LogP contribution is 2.31. The molecule has 0 bridgehead atoms. The molecule has 164 valence electrons. The first kappa shape index (κ1) is 21.4. The summed E-state index contributed by atoms with van der Waals surface area (Å²) in [6.07, 6.45) is 1.53. The second-order valence-corrected chi connectivity index (χ2v) is 7.77. The zero-order valence-electron chi connectivity index (χ0n) is 18.2. The van der Waals surface area contributed by atoms with E-state index in [0.717, 1.165) is 23.7 Å². The standard InChI is InChI=1S/C25H25N3O4/c1-3-31-25(30)17-8-10-18(11-9-17)32-19-12-14-28(15-13-19)23-20-6-4-5-7-22(20)27(2)24(29)21(23)16-26/h4-11,19H,3,12-15H2,1-2H3. The van der Waals surface area contributed by atoms with Gasteiger partial charge in [0.15, 0.2) is 0 Å². The highest BCUT2D eigenvalue weighted by Gasteiger charge is 2.26. The topological polar surface area (TPSA) is 84.6 Å². The van der Waals surface area contributed by atoms with Gasteiger partial charge in [0.05, 0.1) is 23.4 Å². The number of hydrogen-bond donors (Lipinski definition) is 0. The highest BCUT2D eigenvalue weighted by molar-refractivity contribution is 5.95. The van der Waals surface area contributed by atoms with E-state index in [-0.39, 0.29) is 23.2 Å². The van der Waals surface area contributed by atoms with Crippen LogP contribution >= 0.6 is 0 Å². The number of carbonyl (C=O) groups excluding carboxylic acids is 1. The molecule has 7 nitrogen and oxygen atoms in total. The van der Waals surface area contributed by atoms with Crippen molar-refractivity contribution in [3.63, 3.8) is 0 Å². The number of aromatic nitrogens is 1. The maximum atomic E-state index is 12.8. The quantitative estimate of drug-likeness (QED) is 0.574. The van der Waals surface area contributed by atoms with E-state index in [1.165, 1.54) is 4.57 Å². The molecule has 0 N–H and O–H groups in total. The van der Waals surface area contributed by atoms with E-state index in [0.29, 0.717) is 36.7 Å². The number of rotatable bonds is 5. The Kier molecular flexibility index (Phi) is 6.13. The zero-order chi connectivity index (χ0) is 22.7. The van der Waals surface area contributed by atoms with Crippen LogP contribution in [0.15, 0.2) is 53.3 Å². The van der Waals surface area contributed by atoms with Crippen LogP contribution in [0.25, 0.3) is 10.9 Å². The molecule has 2 heterocycles. The van der Waals surface area contributed by atoms with Crippen molar-refractivity contribution in [2.24, 2.45) is 7.05 Å². The lowest BCUT2D eigenvalue weighted by Gasteiger charge is -2.35. The van der Waals surface area contributed by atoms with E-state index in [9.17, 15) is 14.9 Å². The lowest BCUT2D eigenvalue weighted by Crippen LogP contribution is -2.40. The molecule has 32 heavy (non-hydrogen) atoms. The van der Waals surface area contributed by atoms with Crippen molar-refractivity contribution in [2.75, 3.05) is 24.6 Å². The molecular weight excluding hydrogens is 406 g/mol. The fourth-order valence-electron chi connectivity index (χ4n) is 4.18. The van der Waals surface area contributed by atoms with Gasteiger partial charge in [0.25, 0.3) is 5.56 Å². The van der Waals surface area contributed by atoms with Crippen molar-refractivity contribution in [3.05, 3.63) is 70.0 Å². The van der Waals surface area contributed by atoms with Crippen LogP contribution in [0.2, 0.25) is 0 Å². The Balaban J connectivity index is 1.50. The third kappa shape index (κ3) is 4.04. The Hall–Kier alpha value is -3.79. The normalized spacial score (nSPS) is 14.2. The lowest BCUT2D eigenvalue weighted by molar-refractivity contribution is 0.0526. The molecule has 0 amide bonds. The van der Waals surface area contributed by atoms with Gasteiger partial charge >= 0.3 is 5.97 Å². The van der Waals surface area contributed by atoms with Crippen LogP contribution in [0.1, 0.15) is 35.7 Å². The summed E-state index contributed by atoms with van der Waals surface area (Å²) in [6, 6.07) is 16.8. The molecule has 0 radical (unpaired) electrons. The van der Waals surface area contributed by atoms with Gasteiger partial charge < -0.3 is 18.9 Å². The van der Waals surface area contributed by atoms with Crippen molar-refractivity contribution in [2.45, 2.75) is 25.9 Å². The number of ether oxygens (including phenoxy) is 2. The van der Waals surface area contributed by atoms with Gasteiger partial charge in [-0.3, -0.25) is 4.79 Å². The first-order valence-electron chi connectivity index (χ1n) is 10.7. The number of aryl methyl sites for hydroxylation is 1. The van der Waals surface area contributed by atoms with E-state index in [4.69, 9.17) is 9.47 Å². The highest BCUT2D eigenvalue weighted by atomic mass is 16.5. The van der Waals surface area contributed by atoms with Crippen molar-refractivity contribution in [1.29, 1.82) is 5.26 Å². The van der Waals surface area contributed by atoms with Crippen molar-refractivity contribution < 1.29 is 14.3 Å². The van der Waals surface area contributed by atoms with Crippen molar-refractivity contribution in [1.82, 2.24) is 4.57 Å². The van der Waals surface area contributed by atoms with E-state index >= 15 is 0 Å². The van der Waals surface area contributed by atoms with E-state index in [1.54, 1.807) is 38.2 Å². The number of piperidine rings is 1. The van der Waals surface area contributed by atoms with E-state index < -0.39 is 0 Å². The molecule has 4 rings (SSSR count). The lowest BCUT2D eigenvalue weighted by atomic mass is 10.0. The predicted octanol–water partition coefficient (Wildman–Crippen LogP) is 3.63. The number of pyridine rings is 1. The Morgan fingerprint density at radius 3 is 2.47 bits per heavy atom. The average Bonchev–Trinajstić information content (AvgIpc) is 2.82. The smallest absolute Gasteiger partial charge is 0.338 e. The van der Waals surface area contributed by atoms with Gasteiger partial charge in [-0.25, -0.2) is 4.79 Å². The fraction of sp³-hybridized carbons (Fsp3) is 0.320. The van der Waals surface area contributed by atoms with Crippen LogP contribution < -0.4 is 15.2 Å². The molecule has 1 saturated heterocycles. The Bertz CT molecular complexity index is 1230. The Morgan fingerprint density at radius 1 is 1.12 bits per heavy atom. The summed E-state index contributed by atoms with van der Waals surface area (Å²) >= 11 is 0. The number of fused-ring (bicyclic) bond motifs is 1. The number of hydrogen-bond acceptors (Lipinski definition) is 6. The zero-order valence-corrected chi connectivity index (χ0v) is 18.2. The SMILES string of the molecule is CCOC(=O)c1ccc(OC2CCN(c3c(C#N)c(=O)n(C)c4ccccc34)CC2)cc1. The predicted molar refractivity (Wildman–Crippen MR) is 122 cm³/mol. The first-order chi connectivity index (χ1) is 15.5. The molecule has 0 aliphatic carbocycles. The number of nitrogens with zero attached hydrogens (tertiary/aromatic N) is 3. The first-order valence-corrected chi connectivity index (χ1v) is 10.7. The summed E-state index contributed by atoms with van der Waals surface area (Å²) in [4.78, 5) is 26.7. The van der Waals surface area contributed by atoms with Crippen molar-refractivity contribution >= 4 is 22.6 Å². The van der Waals surface area contributed by atoms with Gasteiger partial charge in [-0.15, -0.1) is 0 Å².